The van der Waals surface area contributed by atoms with Gasteiger partial charge in [0, 0.05) is 5.03 Å². The number of carbonyl (C=O) groups excluding carboxylic acids is 2. The van der Waals surface area contributed by atoms with E-state index in [1.807, 2.05) is 6.08 Å². The molecule has 0 spiro atoms. The quantitative estimate of drug-likeness (QED) is 0.389. The summed E-state index contributed by atoms with van der Waals surface area (Å²) >= 11 is 7.58. The summed E-state index contributed by atoms with van der Waals surface area (Å²) in [5.41, 5.74) is 0. The van der Waals surface area contributed by atoms with Crippen molar-refractivity contribution in [3.8, 4) is 0 Å². The van der Waals surface area contributed by atoms with Crippen molar-refractivity contribution in [2.45, 2.75) is 12.8 Å². The van der Waals surface area contributed by atoms with Crippen molar-refractivity contribution < 1.29 is 9.59 Å². The van der Waals surface area contributed by atoms with Crippen LogP contribution in [0.25, 0.3) is 0 Å². The number of halogens is 2. The van der Waals surface area contributed by atoms with Crippen LogP contribution in [-0.4, -0.2) is 14.9 Å². The summed E-state index contributed by atoms with van der Waals surface area (Å²) in [5, 5.41) is 0.703. The Labute approximate surface area is 94.6 Å². The second-order valence-electron chi connectivity index (χ2n) is 3.26. The molecule has 1 aliphatic heterocycles. The van der Waals surface area contributed by atoms with E-state index in [0.717, 1.165) is 0 Å². The smallest absolute Gasteiger partial charge is 0.242 e. The van der Waals surface area contributed by atoms with E-state index < -0.39 is 0 Å². The molecule has 2 amide bonds. The number of hydrogen-bond donors (Lipinski definition) is 0. The molecule has 5 heteroatoms. The number of allylic oxidation sites excluding steroid dienone is 2. The molecule has 2 rings (SSSR count). The molecule has 0 aromatic rings. The van der Waals surface area contributed by atoms with Crippen LogP contribution in [0.2, 0.25) is 0 Å². The van der Waals surface area contributed by atoms with Crippen LogP contribution >= 0.6 is 34.5 Å². The zero-order valence-corrected chi connectivity index (χ0v) is 9.58. The van der Waals surface area contributed by atoms with E-state index in [0.29, 0.717) is 17.9 Å². The number of carbonyl (C=O) groups is 2. The summed E-state index contributed by atoms with van der Waals surface area (Å²) in [4.78, 5) is 23.0. The molecule has 0 aromatic carbocycles. The van der Waals surface area contributed by atoms with Gasteiger partial charge in [0.2, 0.25) is 11.8 Å². The highest BCUT2D eigenvalue weighted by molar-refractivity contribution is 14.1. The van der Waals surface area contributed by atoms with Crippen LogP contribution in [0.5, 0.6) is 0 Å². The van der Waals surface area contributed by atoms with Crippen molar-refractivity contribution in [2.75, 3.05) is 0 Å². The molecule has 1 heterocycles. The Kier molecular flexibility index (Phi) is 2.35. The topological polar surface area (TPSA) is 37.4 Å². The molecule has 1 aliphatic carbocycles. The van der Waals surface area contributed by atoms with E-state index in [4.69, 9.17) is 11.6 Å². The standard InChI is InChI=1S/C8H7ClINO2/c9-4-1-2-5-6(3-4)8(13)11(10)7(5)12/h1,5-6H,2-3H2. The lowest BCUT2D eigenvalue weighted by molar-refractivity contribution is -0.131. The molecule has 0 N–H and O–H groups in total. The molecule has 70 valence electrons. The predicted octanol–water partition coefficient (Wildman–Crippen LogP) is 1.85. The molecular weight excluding hydrogens is 304 g/mol. The fourth-order valence-corrected chi connectivity index (χ4v) is 2.76. The SMILES string of the molecule is O=C1C2CC=C(Cl)CC2C(=O)N1I. The van der Waals surface area contributed by atoms with Crippen molar-refractivity contribution in [2.24, 2.45) is 11.8 Å². The molecule has 0 aromatic heterocycles. The van der Waals surface area contributed by atoms with Crippen molar-refractivity contribution in [1.29, 1.82) is 0 Å². The van der Waals surface area contributed by atoms with Gasteiger partial charge in [-0.3, -0.25) is 9.59 Å². The predicted molar refractivity (Wildman–Crippen MR) is 56.0 cm³/mol. The molecule has 1 fully saturated rings. The van der Waals surface area contributed by atoms with E-state index in [2.05, 4.69) is 0 Å². The summed E-state index contributed by atoms with van der Waals surface area (Å²) in [6.45, 7) is 0. The first kappa shape index (κ1) is 9.45. The maximum Gasteiger partial charge on any atom is 0.242 e. The molecule has 2 atom stereocenters. The zero-order chi connectivity index (χ0) is 9.59. The summed E-state index contributed by atoms with van der Waals surface area (Å²) in [6, 6.07) is 0. The number of hydrogen-bond acceptors (Lipinski definition) is 2. The first-order valence-corrected chi connectivity index (χ1v) is 5.33. The van der Waals surface area contributed by atoms with Gasteiger partial charge in [0.05, 0.1) is 34.7 Å². The van der Waals surface area contributed by atoms with Crippen LogP contribution in [-0.2, 0) is 9.59 Å². The third kappa shape index (κ3) is 1.40. The van der Waals surface area contributed by atoms with Crippen molar-refractivity contribution >= 4 is 46.3 Å². The van der Waals surface area contributed by atoms with Crippen LogP contribution < -0.4 is 0 Å². The maximum absolute atomic E-state index is 11.5. The zero-order valence-electron chi connectivity index (χ0n) is 6.67. The van der Waals surface area contributed by atoms with Crippen molar-refractivity contribution in [3.05, 3.63) is 11.1 Å². The minimum atomic E-state index is -0.207. The van der Waals surface area contributed by atoms with Gasteiger partial charge in [0.15, 0.2) is 0 Å². The Balaban J connectivity index is 2.30. The van der Waals surface area contributed by atoms with Gasteiger partial charge in [-0.15, -0.1) is 0 Å². The third-order valence-corrected chi connectivity index (χ3v) is 3.77. The van der Waals surface area contributed by atoms with E-state index >= 15 is 0 Å². The van der Waals surface area contributed by atoms with Gasteiger partial charge in [0.1, 0.15) is 0 Å². The molecule has 3 nitrogen and oxygen atoms in total. The Hall–Kier alpha value is -0.100. The fraction of sp³-hybridized carbons (Fsp3) is 0.500. The highest BCUT2D eigenvalue weighted by Crippen LogP contribution is 2.39. The summed E-state index contributed by atoms with van der Waals surface area (Å²) in [6.07, 6.45) is 2.97. The molecular formula is C8H7ClINO2. The number of amides is 2. The van der Waals surface area contributed by atoms with Gasteiger partial charge in [0.25, 0.3) is 0 Å². The second kappa shape index (κ2) is 3.24. The maximum atomic E-state index is 11.5. The van der Waals surface area contributed by atoms with Crippen LogP contribution in [0.1, 0.15) is 12.8 Å². The van der Waals surface area contributed by atoms with Crippen LogP contribution in [0.4, 0.5) is 0 Å². The lowest BCUT2D eigenvalue weighted by atomic mass is 9.85. The molecule has 2 aliphatic rings. The Morgan fingerprint density at radius 1 is 1.38 bits per heavy atom. The minimum absolute atomic E-state index is 0.0731. The number of fused-ring (bicyclic) bond motifs is 1. The molecule has 0 bridgehead atoms. The molecule has 1 saturated heterocycles. The van der Waals surface area contributed by atoms with Crippen LogP contribution in [0, 0.1) is 11.8 Å². The van der Waals surface area contributed by atoms with Gasteiger partial charge < -0.3 is 0 Å². The molecule has 0 saturated carbocycles. The van der Waals surface area contributed by atoms with Gasteiger partial charge in [-0.05, 0) is 12.8 Å². The van der Waals surface area contributed by atoms with Gasteiger partial charge in [-0.1, -0.05) is 17.7 Å². The van der Waals surface area contributed by atoms with Crippen LogP contribution in [0.3, 0.4) is 0 Å². The van der Waals surface area contributed by atoms with E-state index in [1.165, 1.54) is 3.11 Å². The van der Waals surface area contributed by atoms with Gasteiger partial charge >= 0.3 is 0 Å². The Morgan fingerprint density at radius 3 is 2.69 bits per heavy atom. The number of rotatable bonds is 0. The highest BCUT2D eigenvalue weighted by atomic mass is 127. The summed E-state index contributed by atoms with van der Waals surface area (Å²) in [5.74, 6) is -0.535. The normalized spacial score (nSPS) is 33.4. The molecule has 0 radical (unpaired) electrons. The third-order valence-electron chi connectivity index (χ3n) is 2.52. The Morgan fingerprint density at radius 2 is 2.00 bits per heavy atom. The second-order valence-corrected chi connectivity index (χ2v) is 4.71. The van der Waals surface area contributed by atoms with E-state index in [-0.39, 0.29) is 23.7 Å². The van der Waals surface area contributed by atoms with Gasteiger partial charge in [-0.25, -0.2) is 3.11 Å². The highest BCUT2D eigenvalue weighted by Gasteiger charge is 2.47. The lowest BCUT2D eigenvalue weighted by Gasteiger charge is -2.17. The minimum Gasteiger partial charge on any atom is -0.273 e. The number of imide groups is 1. The van der Waals surface area contributed by atoms with Crippen molar-refractivity contribution in [1.82, 2.24) is 3.11 Å². The molecule has 13 heavy (non-hydrogen) atoms. The average molecular weight is 312 g/mol. The fourth-order valence-electron chi connectivity index (χ4n) is 1.79. The first-order chi connectivity index (χ1) is 6.11. The summed E-state index contributed by atoms with van der Waals surface area (Å²) in [7, 11) is 0. The Bertz CT molecular complexity index is 315. The van der Waals surface area contributed by atoms with E-state index in [1.54, 1.807) is 22.9 Å². The molecule has 2 unspecified atom stereocenters. The lowest BCUT2D eigenvalue weighted by Crippen LogP contribution is -2.20. The summed E-state index contributed by atoms with van der Waals surface area (Å²) < 4.78 is 1.19. The average Bonchev–Trinajstić information content (AvgIpc) is 2.32. The monoisotopic (exact) mass is 311 g/mol. The van der Waals surface area contributed by atoms with Gasteiger partial charge in [-0.2, -0.15) is 0 Å². The van der Waals surface area contributed by atoms with E-state index in [9.17, 15) is 9.59 Å². The van der Waals surface area contributed by atoms with Crippen LogP contribution in [0.15, 0.2) is 11.1 Å². The van der Waals surface area contributed by atoms with Crippen molar-refractivity contribution in [3.63, 3.8) is 0 Å². The number of nitrogens with zero attached hydrogens (tertiary/aromatic N) is 1. The first-order valence-electron chi connectivity index (χ1n) is 3.99. The largest absolute Gasteiger partial charge is 0.273 e.